The number of carbonyl (C=O) groups excluding carboxylic acids is 1. The molecule has 0 saturated carbocycles. The van der Waals surface area contributed by atoms with Gasteiger partial charge in [0, 0.05) is 16.8 Å². The van der Waals surface area contributed by atoms with Crippen molar-refractivity contribution in [2.45, 2.75) is 25.9 Å². The first-order chi connectivity index (χ1) is 11.8. The molecule has 130 valence electrons. The van der Waals surface area contributed by atoms with Crippen molar-refractivity contribution in [2.75, 3.05) is 5.32 Å². The van der Waals surface area contributed by atoms with Crippen LogP contribution in [-0.4, -0.2) is 11.9 Å². The van der Waals surface area contributed by atoms with Crippen LogP contribution < -0.4 is 10.6 Å². The molecule has 2 aromatic carbocycles. The maximum atomic E-state index is 13.6. The minimum Gasteiger partial charge on any atom is -0.325 e. The van der Waals surface area contributed by atoms with Gasteiger partial charge in [0.05, 0.1) is 22.7 Å². The highest BCUT2D eigenvalue weighted by atomic mass is 35.5. The van der Waals surface area contributed by atoms with Crippen LogP contribution in [0.5, 0.6) is 0 Å². The molecule has 0 fully saturated rings. The summed E-state index contributed by atoms with van der Waals surface area (Å²) in [5, 5.41) is 14.9. The molecule has 0 spiro atoms. The fourth-order valence-corrected chi connectivity index (χ4v) is 2.84. The van der Waals surface area contributed by atoms with Crippen LogP contribution in [-0.2, 0) is 4.79 Å². The molecule has 0 bridgehead atoms. The van der Waals surface area contributed by atoms with E-state index in [0.29, 0.717) is 21.8 Å². The summed E-state index contributed by atoms with van der Waals surface area (Å²) >= 11 is 11.8. The molecule has 4 nitrogen and oxygen atoms in total. The lowest BCUT2D eigenvalue weighted by atomic mass is 10.1. The monoisotopic (exact) mass is 379 g/mol. The van der Waals surface area contributed by atoms with Crippen molar-refractivity contribution in [3.8, 4) is 6.07 Å². The second kappa shape index (κ2) is 8.30. The van der Waals surface area contributed by atoms with E-state index in [1.807, 2.05) is 6.07 Å². The molecule has 2 atom stereocenters. The van der Waals surface area contributed by atoms with Gasteiger partial charge < -0.3 is 5.32 Å². The van der Waals surface area contributed by atoms with Gasteiger partial charge >= 0.3 is 0 Å². The summed E-state index contributed by atoms with van der Waals surface area (Å²) in [5.74, 6) is -0.827. The predicted molar refractivity (Wildman–Crippen MR) is 97.2 cm³/mol. The van der Waals surface area contributed by atoms with Gasteiger partial charge in [-0.05, 0) is 55.8 Å². The number of nitrogens with zero attached hydrogens (tertiary/aromatic N) is 1. The molecule has 0 aromatic heterocycles. The van der Waals surface area contributed by atoms with Crippen LogP contribution in [0.3, 0.4) is 0 Å². The highest BCUT2D eigenvalue weighted by Gasteiger charge is 2.19. The maximum Gasteiger partial charge on any atom is 0.241 e. The number of carbonyl (C=O) groups is 1. The zero-order valence-corrected chi connectivity index (χ0v) is 15.1. The Labute approximate surface area is 155 Å². The maximum absolute atomic E-state index is 13.6. The molecule has 0 aliphatic heterocycles. The van der Waals surface area contributed by atoms with E-state index in [1.54, 1.807) is 38.1 Å². The molecule has 2 N–H and O–H groups in total. The van der Waals surface area contributed by atoms with Crippen LogP contribution in [0.1, 0.15) is 31.0 Å². The first-order valence-electron chi connectivity index (χ1n) is 7.53. The summed E-state index contributed by atoms with van der Waals surface area (Å²) in [7, 11) is 0. The number of nitrogens with one attached hydrogen (secondary N) is 2. The van der Waals surface area contributed by atoms with Crippen LogP contribution in [0.4, 0.5) is 10.1 Å². The van der Waals surface area contributed by atoms with Crippen LogP contribution >= 0.6 is 23.2 Å². The van der Waals surface area contributed by atoms with Gasteiger partial charge in [0.1, 0.15) is 5.82 Å². The third kappa shape index (κ3) is 4.93. The number of hydrogen-bond acceptors (Lipinski definition) is 3. The summed E-state index contributed by atoms with van der Waals surface area (Å²) in [6.07, 6.45) is 0. The van der Waals surface area contributed by atoms with Gasteiger partial charge in [0.2, 0.25) is 5.91 Å². The topological polar surface area (TPSA) is 64.9 Å². The van der Waals surface area contributed by atoms with E-state index in [-0.39, 0.29) is 17.0 Å². The molecule has 2 rings (SSSR count). The Kier molecular flexibility index (Phi) is 6.38. The third-order valence-electron chi connectivity index (χ3n) is 3.68. The Morgan fingerprint density at radius 3 is 2.40 bits per heavy atom. The summed E-state index contributed by atoms with van der Waals surface area (Å²) in [6.45, 7) is 3.47. The summed E-state index contributed by atoms with van der Waals surface area (Å²) in [4.78, 5) is 12.3. The van der Waals surface area contributed by atoms with E-state index < -0.39 is 11.9 Å². The second-order valence-electron chi connectivity index (χ2n) is 5.58. The van der Waals surface area contributed by atoms with Gasteiger partial charge in [0.15, 0.2) is 0 Å². The van der Waals surface area contributed by atoms with Crippen molar-refractivity contribution in [3.05, 3.63) is 63.4 Å². The summed E-state index contributed by atoms with van der Waals surface area (Å²) in [5.41, 5.74) is 1.61. The Morgan fingerprint density at radius 2 is 1.80 bits per heavy atom. The van der Waals surface area contributed by atoms with Crippen LogP contribution in [0, 0.1) is 17.1 Å². The number of hydrogen-bond donors (Lipinski definition) is 2. The molecular weight excluding hydrogens is 364 g/mol. The van der Waals surface area contributed by atoms with Crippen LogP contribution in [0.25, 0.3) is 0 Å². The minimum atomic E-state index is -0.565. The average Bonchev–Trinajstić information content (AvgIpc) is 2.58. The molecule has 2 aromatic rings. The molecule has 25 heavy (non-hydrogen) atoms. The largest absolute Gasteiger partial charge is 0.325 e. The van der Waals surface area contributed by atoms with Gasteiger partial charge in [-0.3, -0.25) is 10.1 Å². The average molecular weight is 380 g/mol. The SMILES string of the molecule is C[C@H](N[C@@H](C)c1cc(F)c(Cl)cc1Cl)C(=O)Nc1ccc(C#N)cc1. The highest BCUT2D eigenvalue weighted by molar-refractivity contribution is 6.35. The van der Waals surface area contributed by atoms with Crippen LogP contribution in [0.2, 0.25) is 10.0 Å². The molecular formula is C18H16Cl2FN3O. The Hall–Kier alpha value is -2.13. The van der Waals surface area contributed by atoms with E-state index in [9.17, 15) is 9.18 Å². The molecule has 0 heterocycles. The van der Waals surface area contributed by atoms with Gasteiger partial charge in [-0.15, -0.1) is 0 Å². The standard InChI is InChI=1S/C18H16Cl2FN3O/c1-10(14-7-17(21)16(20)8-15(14)19)23-11(2)18(25)24-13-5-3-12(9-22)4-6-13/h3-8,10-11,23H,1-2H3,(H,24,25)/t10-,11-/m0/s1. The lowest BCUT2D eigenvalue weighted by Crippen LogP contribution is -2.39. The van der Waals surface area contributed by atoms with E-state index >= 15 is 0 Å². The smallest absolute Gasteiger partial charge is 0.241 e. The predicted octanol–water partition coefficient (Wildman–Crippen LogP) is 4.68. The zero-order valence-electron chi connectivity index (χ0n) is 13.6. The van der Waals surface area contributed by atoms with Crippen molar-refractivity contribution in [3.63, 3.8) is 0 Å². The van der Waals surface area contributed by atoms with E-state index in [4.69, 9.17) is 28.5 Å². The molecule has 0 aliphatic carbocycles. The second-order valence-corrected chi connectivity index (χ2v) is 6.39. The first kappa shape index (κ1) is 19.2. The van der Waals surface area contributed by atoms with E-state index in [1.165, 1.54) is 12.1 Å². The molecule has 0 aliphatic rings. The molecule has 1 amide bonds. The highest BCUT2D eigenvalue weighted by Crippen LogP contribution is 2.28. The van der Waals surface area contributed by atoms with Crippen molar-refractivity contribution in [2.24, 2.45) is 0 Å². The molecule has 7 heteroatoms. The summed E-state index contributed by atoms with van der Waals surface area (Å²) in [6, 6.07) is 10.2. The van der Waals surface area contributed by atoms with Gasteiger partial charge in [-0.1, -0.05) is 23.2 Å². The number of anilines is 1. The number of amides is 1. The van der Waals surface area contributed by atoms with Crippen molar-refractivity contribution in [1.29, 1.82) is 5.26 Å². The van der Waals surface area contributed by atoms with Crippen molar-refractivity contribution in [1.82, 2.24) is 5.32 Å². The number of benzene rings is 2. The van der Waals surface area contributed by atoms with Crippen molar-refractivity contribution < 1.29 is 9.18 Å². The van der Waals surface area contributed by atoms with Crippen molar-refractivity contribution >= 4 is 34.8 Å². The molecule has 0 radical (unpaired) electrons. The number of nitriles is 1. The Balaban J connectivity index is 2.02. The lowest BCUT2D eigenvalue weighted by molar-refractivity contribution is -0.117. The minimum absolute atomic E-state index is 0.0486. The quantitative estimate of drug-likeness (QED) is 0.741. The van der Waals surface area contributed by atoms with Crippen LogP contribution in [0.15, 0.2) is 36.4 Å². The Morgan fingerprint density at radius 1 is 1.16 bits per heavy atom. The number of halogens is 3. The zero-order chi connectivity index (χ0) is 18.6. The van der Waals surface area contributed by atoms with Gasteiger partial charge in [-0.2, -0.15) is 5.26 Å². The van der Waals surface area contributed by atoms with E-state index in [2.05, 4.69) is 10.6 Å². The molecule has 0 saturated heterocycles. The number of rotatable bonds is 5. The van der Waals surface area contributed by atoms with Gasteiger partial charge in [-0.25, -0.2) is 4.39 Å². The van der Waals surface area contributed by atoms with E-state index in [0.717, 1.165) is 0 Å². The summed E-state index contributed by atoms with van der Waals surface area (Å²) < 4.78 is 13.6. The molecule has 0 unspecified atom stereocenters. The third-order valence-corrected chi connectivity index (χ3v) is 4.30. The first-order valence-corrected chi connectivity index (χ1v) is 8.29. The normalized spacial score (nSPS) is 13.0. The lowest BCUT2D eigenvalue weighted by Gasteiger charge is -2.21. The Bertz CT molecular complexity index is 818. The van der Waals surface area contributed by atoms with Gasteiger partial charge in [0.25, 0.3) is 0 Å². The fourth-order valence-electron chi connectivity index (χ4n) is 2.29. The fraction of sp³-hybridized carbons (Fsp3) is 0.222.